The van der Waals surface area contributed by atoms with Gasteiger partial charge in [-0.05, 0) is 0 Å². The van der Waals surface area contributed by atoms with E-state index in [2.05, 4.69) is 4.52 Å². The Balaban J connectivity index is 2.36. The number of aliphatic carboxylic acids is 1. The van der Waals surface area contributed by atoms with Crippen molar-refractivity contribution in [1.29, 1.82) is 0 Å². The minimum atomic E-state index is -4.53. The Morgan fingerprint density at radius 2 is 2.19 bits per heavy atom. The molecule has 0 aromatic rings. The van der Waals surface area contributed by atoms with Gasteiger partial charge in [0.15, 0.2) is 0 Å². The second-order valence-electron chi connectivity index (χ2n) is 3.40. The lowest BCUT2D eigenvalue weighted by Crippen LogP contribution is -2.29. The van der Waals surface area contributed by atoms with Crippen molar-refractivity contribution in [3.63, 3.8) is 0 Å². The maximum Gasteiger partial charge on any atom is 0.469 e. The van der Waals surface area contributed by atoms with Crippen molar-refractivity contribution in [2.45, 2.75) is 6.42 Å². The maximum absolute atomic E-state index is 11.3. The molecular formula is C7H12NO7P. The van der Waals surface area contributed by atoms with E-state index < -0.39 is 19.7 Å². The average molecular weight is 253 g/mol. The molecule has 1 unspecified atom stereocenters. The lowest BCUT2D eigenvalue weighted by Gasteiger charge is -2.15. The van der Waals surface area contributed by atoms with Crippen molar-refractivity contribution in [3.8, 4) is 0 Å². The summed E-state index contributed by atoms with van der Waals surface area (Å²) in [6.07, 6.45) is -0.0781. The van der Waals surface area contributed by atoms with Crippen molar-refractivity contribution >= 4 is 19.7 Å². The van der Waals surface area contributed by atoms with Gasteiger partial charge >= 0.3 is 13.8 Å². The number of phosphoric acid groups is 1. The van der Waals surface area contributed by atoms with Crippen LogP contribution in [0.5, 0.6) is 0 Å². The van der Waals surface area contributed by atoms with E-state index in [-0.39, 0.29) is 32.0 Å². The molecule has 9 heteroatoms. The number of amides is 1. The molecule has 3 N–H and O–H groups in total. The predicted octanol–water partition coefficient (Wildman–Crippen LogP) is -0.971. The molecule has 0 saturated carbocycles. The van der Waals surface area contributed by atoms with Crippen LogP contribution in [0.2, 0.25) is 0 Å². The molecular weight excluding hydrogens is 241 g/mol. The third kappa shape index (κ3) is 3.90. The zero-order valence-electron chi connectivity index (χ0n) is 8.27. The molecule has 0 radical (unpaired) electrons. The number of rotatable bonds is 5. The Labute approximate surface area is 91.1 Å². The number of carboxylic acids is 1. The molecule has 1 heterocycles. The van der Waals surface area contributed by atoms with Crippen LogP contribution < -0.4 is 0 Å². The fourth-order valence-corrected chi connectivity index (χ4v) is 1.74. The Morgan fingerprint density at radius 1 is 1.56 bits per heavy atom. The standard InChI is InChI=1S/C7H12NO7P/c9-6-3-5(7(10)11)4-8(6)1-2-15-16(12,13)14/h5H,1-4H2,(H,10,11)(H2,12,13,14). The SMILES string of the molecule is O=C(O)C1CC(=O)N(CCOP(=O)(O)O)C1. The summed E-state index contributed by atoms with van der Waals surface area (Å²) in [7, 11) is -4.53. The molecule has 1 atom stereocenters. The van der Waals surface area contributed by atoms with Crippen LogP contribution in [0.3, 0.4) is 0 Å². The summed E-state index contributed by atoms with van der Waals surface area (Å²) in [5.74, 6) is -2.14. The number of likely N-dealkylation sites (tertiary alicyclic amines) is 1. The molecule has 1 rings (SSSR count). The number of carbonyl (C=O) groups excluding carboxylic acids is 1. The quantitative estimate of drug-likeness (QED) is 0.538. The van der Waals surface area contributed by atoms with Crippen molar-refractivity contribution in [1.82, 2.24) is 4.90 Å². The zero-order chi connectivity index (χ0) is 12.3. The summed E-state index contributed by atoms with van der Waals surface area (Å²) < 4.78 is 14.5. The van der Waals surface area contributed by atoms with Crippen LogP contribution in [-0.2, 0) is 18.7 Å². The summed E-state index contributed by atoms with van der Waals surface area (Å²) in [5, 5.41) is 8.67. The fraction of sp³-hybridized carbons (Fsp3) is 0.714. The predicted molar refractivity (Wildman–Crippen MR) is 50.3 cm³/mol. The summed E-state index contributed by atoms with van der Waals surface area (Å²) >= 11 is 0. The molecule has 0 bridgehead atoms. The van der Waals surface area contributed by atoms with E-state index in [4.69, 9.17) is 14.9 Å². The highest BCUT2D eigenvalue weighted by Crippen LogP contribution is 2.35. The van der Waals surface area contributed by atoms with Crippen LogP contribution in [0, 0.1) is 5.92 Å². The topological polar surface area (TPSA) is 124 Å². The molecule has 1 aliphatic rings. The second-order valence-corrected chi connectivity index (χ2v) is 4.64. The van der Waals surface area contributed by atoms with Crippen LogP contribution in [0.25, 0.3) is 0 Å². The van der Waals surface area contributed by atoms with Gasteiger partial charge in [-0.15, -0.1) is 0 Å². The van der Waals surface area contributed by atoms with E-state index in [0.717, 1.165) is 0 Å². The Kier molecular flexibility index (Phi) is 4.03. The monoisotopic (exact) mass is 253 g/mol. The van der Waals surface area contributed by atoms with Gasteiger partial charge in [-0.3, -0.25) is 14.1 Å². The normalized spacial score (nSPS) is 21.5. The van der Waals surface area contributed by atoms with Crippen LogP contribution in [-0.4, -0.2) is 51.4 Å². The van der Waals surface area contributed by atoms with Crippen molar-refractivity contribution in [2.75, 3.05) is 19.7 Å². The van der Waals surface area contributed by atoms with Gasteiger partial charge < -0.3 is 19.8 Å². The summed E-state index contributed by atoms with van der Waals surface area (Å²) in [6.45, 7) is -0.283. The first-order valence-corrected chi connectivity index (χ1v) is 6.03. The van der Waals surface area contributed by atoms with Gasteiger partial charge in [0.2, 0.25) is 5.91 Å². The van der Waals surface area contributed by atoms with Crippen LogP contribution >= 0.6 is 7.82 Å². The molecule has 1 fully saturated rings. The highest BCUT2D eigenvalue weighted by Gasteiger charge is 2.34. The molecule has 1 aliphatic heterocycles. The minimum absolute atomic E-state index is 0.0201. The molecule has 0 aromatic heterocycles. The van der Waals surface area contributed by atoms with E-state index >= 15 is 0 Å². The number of phosphoric ester groups is 1. The van der Waals surface area contributed by atoms with Gasteiger partial charge in [0.05, 0.1) is 12.5 Å². The highest BCUT2D eigenvalue weighted by atomic mass is 31.2. The second kappa shape index (κ2) is 4.92. The fourth-order valence-electron chi connectivity index (χ4n) is 1.42. The van der Waals surface area contributed by atoms with Crippen LogP contribution in [0.4, 0.5) is 0 Å². The van der Waals surface area contributed by atoms with E-state index in [1.54, 1.807) is 0 Å². The Morgan fingerprint density at radius 3 is 2.62 bits per heavy atom. The molecule has 0 aliphatic carbocycles. The summed E-state index contributed by atoms with van der Waals surface area (Å²) in [5.41, 5.74) is 0. The third-order valence-electron chi connectivity index (χ3n) is 2.18. The number of carbonyl (C=O) groups is 2. The largest absolute Gasteiger partial charge is 0.481 e. The first kappa shape index (κ1) is 13.1. The first-order chi connectivity index (χ1) is 7.29. The molecule has 0 aromatic carbocycles. The number of nitrogens with zero attached hydrogens (tertiary/aromatic N) is 1. The van der Waals surface area contributed by atoms with E-state index in [1.165, 1.54) is 4.90 Å². The number of carboxylic acid groups (broad SMARTS) is 1. The Hall–Kier alpha value is -0.950. The van der Waals surface area contributed by atoms with Gasteiger partial charge in [-0.2, -0.15) is 0 Å². The molecule has 1 amide bonds. The van der Waals surface area contributed by atoms with Gasteiger partial charge in [-0.1, -0.05) is 0 Å². The van der Waals surface area contributed by atoms with Crippen molar-refractivity contribution in [2.24, 2.45) is 5.92 Å². The van der Waals surface area contributed by atoms with Gasteiger partial charge in [-0.25, -0.2) is 4.57 Å². The highest BCUT2D eigenvalue weighted by molar-refractivity contribution is 7.46. The summed E-state index contributed by atoms with van der Waals surface area (Å²) in [4.78, 5) is 39.8. The maximum atomic E-state index is 11.3. The summed E-state index contributed by atoms with van der Waals surface area (Å²) in [6, 6.07) is 0. The van der Waals surface area contributed by atoms with Crippen LogP contribution in [0.15, 0.2) is 0 Å². The van der Waals surface area contributed by atoms with Gasteiger partial charge in [0.1, 0.15) is 0 Å². The smallest absolute Gasteiger partial charge is 0.469 e. The molecule has 8 nitrogen and oxygen atoms in total. The minimum Gasteiger partial charge on any atom is -0.481 e. The number of hydrogen-bond acceptors (Lipinski definition) is 4. The first-order valence-electron chi connectivity index (χ1n) is 4.50. The van der Waals surface area contributed by atoms with Crippen LogP contribution in [0.1, 0.15) is 6.42 Å². The Bertz CT molecular complexity index is 338. The number of hydrogen-bond donors (Lipinski definition) is 3. The van der Waals surface area contributed by atoms with E-state index in [1.807, 2.05) is 0 Å². The zero-order valence-corrected chi connectivity index (χ0v) is 9.17. The van der Waals surface area contributed by atoms with E-state index in [0.29, 0.717) is 0 Å². The lowest BCUT2D eigenvalue weighted by atomic mass is 10.1. The lowest BCUT2D eigenvalue weighted by molar-refractivity contribution is -0.141. The molecule has 1 saturated heterocycles. The molecule has 92 valence electrons. The van der Waals surface area contributed by atoms with Crippen molar-refractivity contribution in [3.05, 3.63) is 0 Å². The van der Waals surface area contributed by atoms with Crippen molar-refractivity contribution < 1.29 is 33.6 Å². The third-order valence-corrected chi connectivity index (χ3v) is 2.70. The van der Waals surface area contributed by atoms with Gasteiger partial charge in [0.25, 0.3) is 0 Å². The van der Waals surface area contributed by atoms with Gasteiger partial charge in [0, 0.05) is 19.5 Å². The molecule has 16 heavy (non-hydrogen) atoms. The van der Waals surface area contributed by atoms with E-state index in [9.17, 15) is 14.2 Å². The average Bonchev–Trinajstić information content (AvgIpc) is 2.46. The molecule has 0 spiro atoms.